The minimum Gasteiger partial charge on any atom is -0.466 e. The van der Waals surface area contributed by atoms with Crippen LogP contribution in [0.2, 0.25) is 0 Å². The highest BCUT2D eigenvalue weighted by Gasteiger charge is 2.07. The molecule has 112 valence electrons. The van der Waals surface area contributed by atoms with E-state index in [1.165, 1.54) is 6.20 Å². The van der Waals surface area contributed by atoms with Crippen LogP contribution in [0.4, 0.5) is 0 Å². The summed E-state index contributed by atoms with van der Waals surface area (Å²) in [6.07, 6.45) is 2.26. The Kier molecular flexibility index (Phi) is 7.54. The fraction of sp³-hybridized carbons (Fsp3) is 0.400. The summed E-state index contributed by atoms with van der Waals surface area (Å²) in [5, 5.41) is 11.2. The minimum absolute atomic E-state index is 0.220. The highest BCUT2D eigenvalue weighted by Crippen LogP contribution is 1.99. The lowest BCUT2D eigenvalue weighted by molar-refractivity contribution is -0.143. The van der Waals surface area contributed by atoms with E-state index in [4.69, 9.17) is 9.84 Å². The minimum atomic E-state index is -0.305. The third-order valence-electron chi connectivity index (χ3n) is 2.46. The van der Waals surface area contributed by atoms with Gasteiger partial charge in [0.2, 0.25) is 0 Å². The molecule has 0 unspecified atom stereocenters. The van der Waals surface area contributed by atoms with Crippen molar-refractivity contribution in [3.8, 4) is 11.8 Å². The number of pyridine rings is 1. The van der Waals surface area contributed by atoms with Crippen LogP contribution in [0.3, 0.4) is 0 Å². The topological polar surface area (TPSA) is 88.5 Å². The molecule has 0 aliphatic heterocycles. The third-order valence-corrected chi connectivity index (χ3v) is 2.46. The summed E-state index contributed by atoms with van der Waals surface area (Å²) in [6, 6.07) is 3.21. The first kappa shape index (κ1) is 16.7. The van der Waals surface area contributed by atoms with Crippen LogP contribution in [-0.2, 0) is 9.53 Å². The van der Waals surface area contributed by atoms with Crippen LogP contribution < -0.4 is 5.32 Å². The second-order valence-corrected chi connectivity index (χ2v) is 4.06. The van der Waals surface area contributed by atoms with E-state index in [0.29, 0.717) is 25.1 Å². The van der Waals surface area contributed by atoms with E-state index >= 15 is 0 Å². The zero-order valence-electron chi connectivity index (χ0n) is 11.9. The van der Waals surface area contributed by atoms with Crippen molar-refractivity contribution < 1.29 is 19.4 Å². The number of rotatable bonds is 6. The lowest BCUT2D eigenvalue weighted by Gasteiger charge is -2.04. The molecule has 6 heteroatoms. The summed E-state index contributed by atoms with van der Waals surface area (Å²) in [6.45, 7) is 2.27. The number of esters is 1. The van der Waals surface area contributed by atoms with Gasteiger partial charge in [0.15, 0.2) is 0 Å². The van der Waals surface area contributed by atoms with Gasteiger partial charge in [-0.1, -0.05) is 11.8 Å². The number of aromatic nitrogens is 1. The van der Waals surface area contributed by atoms with E-state index in [2.05, 4.69) is 22.1 Å². The molecule has 1 aromatic rings. The molecule has 0 spiro atoms. The van der Waals surface area contributed by atoms with Crippen molar-refractivity contribution in [1.82, 2.24) is 10.3 Å². The maximum Gasteiger partial charge on any atom is 0.305 e. The number of nitrogens with zero attached hydrogens (tertiary/aromatic N) is 1. The molecule has 2 N–H and O–H groups in total. The van der Waals surface area contributed by atoms with Crippen molar-refractivity contribution in [2.75, 3.05) is 19.8 Å². The fourth-order valence-corrected chi connectivity index (χ4v) is 1.50. The van der Waals surface area contributed by atoms with Gasteiger partial charge in [-0.15, -0.1) is 0 Å². The van der Waals surface area contributed by atoms with Crippen molar-refractivity contribution in [2.24, 2.45) is 0 Å². The maximum absolute atomic E-state index is 11.8. The van der Waals surface area contributed by atoms with E-state index in [0.717, 1.165) is 0 Å². The van der Waals surface area contributed by atoms with Crippen LogP contribution in [0.1, 0.15) is 35.8 Å². The van der Waals surface area contributed by atoms with Gasteiger partial charge < -0.3 is 15.2 Å². The van der Waals surface area contributed by atoms with E-state index < -0.39 is 0 Å². The quantitative estimate of drug-likeness (QED) is 0.452. The molecular weight excluding hydrogens is 272 g/mol. The number of aliphatic hydroxyl groups is 1. The lowest BCUT2D eigenvalue weighted by atomic mass is 10.2. The second kappa shape index (κ2) is 9.50. The third kappa shape index (κ3) is 6.54. The Morgan fingerprint density at radius 1 is 1.43 bits per heavy atom. The molecule has 0 saturated carbocycles. The first-order chi connectivity index (χ1) is 10.2. The summed E-state index contributed by atoms with van der Waals surface area (Å²) in [5.74, 6) is 4.62. The largest absolute Gasteiger partial charge is 0.466 e. The van der Waals surface area contributed by atoms with E-state index in [9.17, 15) is 9.59 Å². The SMILES string of the molecule is CCOC(=O)CCCNC(=O)c1ccc(C#CCO)cn1. The summed E-state index contributed by atoms with van der Waals surface area (Å²) in [4.78, 5) is 26.9. The predicted octanol–water partition coefficient (Wildman–Crippen LogP) is 0.498. The van der Waals surface area contributed by atoms with E-state index in [-0.39, 0.29) is 30.6 Å². The molecule has 1 heterocycles. The normalized spacial score (nSPS) is 9.43. The molecule has 1 aromatic heterocycles. The number of aliphatic hydroxyl groups excluding tert-OH is 1. The molecule has 0 aliphatic rings. The fourth-order valence-electron chi connectivity index (χ4n) is 1.50. The molecule has 1 amide bonds. The number of nitrogens with one attached hydrogen (secondary N) is 1. The number of hydrogen-bond donors (Lipinski definition) is 2. The first-order valence-electron chi connectivity index (χ1n) is 6.67. The number of hydrogen-bond acceptors (Lipinski definition) is 5. The number of ether oxygens (including phenoxy) is 1. The molecule has 6 nitrogen and oxygen atoms in total. The van der Waals surface area contributed by atoms with Gasteiger partial charge in [-0.2, -0.15) is 0 Å². The molecule has 0 bridgehead atoms. The molecule has 0 fully saturated rings. The Labute approximate surface area is 123 Å². The molecule has 0 saturated heterocycles. The lowest BCUT2D eigenvalue weighted by Crippen LogP contribution is -2.25. The van der Waals surface area contributed by atoms with Crippen molar-refractivity contribution in [3.63, 3.8) is 0 Å². The second-order valence-electron chi connectivity index (χ2n) is 4.06. The van der Waals surface area contributed by atoms with Gasteiger partial charge in [-0.25, -0.2) is 4.98 Å². The average Bonchev–Trinajstić information content (AvgIpc) is 2.50. The molecule has 1 rings (SSSR count). The average molecular weight is 290 g/mol. The van der Waals surface area contributed by atoms with Gasteiger partial charge >= 0.3 is 5.97 Å². The summed E-state index contributed by atoms with van der Waals surface area (Å²) in [5.41, 5.74) is 0.906. The molecule has 0 atom stereocenters. The van der Waals surface area contributed by atoms with Gasteiger partial charge in [0.25, 0.3) is 5.91 Å². The standard InChI is InChI=1S/C15H18N2O4/c1-2-21-14(19)6-3-9-16-15(20)13-8-7-12(11-17-13)5-4-10-18/h7-8,11,18H,2-3,6,9-10H2,1H3,(H,16,20). The summed E-state index contributed by atoms with van der Waals surface area (Å²) in [7, 11) is 0. The number of carbonyl (C=O) groups is 2. The Morgan fingerprint density at radius 2 is 2.24 bits per heavy atom. The molecule has 0 aromatic carbocycles. The van der Waals surface area contributed by atoms with E-state index in [1.54, 1.807) is 19.1 Å². The Bertz CT molecular complexity index is 529. The van der Waals surface area contributed by atoms with Gasteiger partial charge in [-0.05, 0) is 25.5 Å². The van der Waals surface area contributed by atoms with Gasteiger partial charge in [0.1, 0.15) is 12.3 Å². The monoisotopic (exact) mass is 290 g/mol. The first-order valence-corrected chi connectivity index (χ1v) is 6.67. The molecule has 0 radical (unpaired) electrons. The molecular formula is C15H18N2O4. The zero-order chi connectivity index (χ0) is 15.5. The van der Waals surface area contributed by atoms with Gasteiger partial charge in [0, 0.05) is 24.7 Å². The van der Waals surface area contributed by atoms with Gasteiger partial charge in [-0.3, -0.25) is 9.59 Å². The van der Waals surface area contributed by atoms with Crippen LogP contribution >= 0.6 is 0 Å². The predicted molar refractivity (Wildman–Crippen MR) is 76.4 cm³/mol. The maximum atomic E-state index is 11.8. The summed E-state index contributed by atoms with van der Waals surface area (Å²) >= 11 is 0. The number of carbonyl (C=O) groups excluding carboxylic acids is 2. The van der Waals surface area contributed by atoms with E-state index in [1.807, 2.05) is 0 Å². The Hall–Kier alpha value is -2.39. The van der Waals surface area contributed by atoms with Crippen LogP contribution in [-0.4, -0.2) is 41.7 Å². The highest BCUT2D eigenvalue weighted by atomic mass is 16.5. The van der Waals surface area contributed by atoms with Crippen molar-refractivity contribution in [2.45, 2.75) is 19.8 Å². The Balaban J connectivity index is 2.37. The zero-order valence-corrected chi connectivity index (χ0v) is 11.9. The van der Waals surface area contributed by atoms with Crippen molar-refractivity contribution in [3.05, 3.63) is 29.6 Å². The van der Waals surface area contributed by atoms with Gasteiger partial charge in [0.05, 0.1) is 6.61 Å². The van der Waals surface area contributed by atoms with Crippen molar-refractivity contribution in [1.29, 1.82) is 0 Å². The molecule has 21 heavy (non-hydrogen) atoms. The van der Waals surface area contributed by atoms with Crippen LogP contribution in [0.5, 0.6) is 0 Å². The smallest absolute Gasteiger partial charge is 0.305 e. The Morgan fingerprint density at radius 3 is 2.86 bits per heavy atom. The van der Waals surface area contributed by atoms with Crippen molar-refractivity contribution >= 4 is 11.9 Å². The molecule has 0 aliphatic carbocycles. The summed E-state index contributed by atoms with van der Waals surface area (Å²) < 4.78 is 4.78. The van der Waals surface area contributed by atoms with Crippen LogP contribution in [0.15, 0.2) is 18.3 Å². The van der Waals surface area contributed by atoms with Crippen LogP contribution in [0.25, 0.3) is 0 Å². The number of amides is 1. The highest BCUT2D eigenvalue weighted by molar-refractivity contribution is 5.92. The van der Waals surface area contributed by atoms with Crippen LogP contribution in [0, 0.1) is 11.8 Å².